The molecule has 18 heavy (non-hydrogen) atoms. The molecule has 0 bridgehead atoms. The van der Waals surface area contributed by atoms with Gasteiger partial charge >= 0.3 is 0 Å². The minimum atomic E-state index is -0.216. The van der Waals surface area contributed by atoms with E-state index in [-0.39, 0.29) is 23.8 Å². The molecule has 0 aliphatic heterocycles. The molecule has 0 aliphatic carbocycles. The molecule has 0 spiro atoms. The molecule has 96 valence electrons. The van der Waals surface area contributed by atoms with Gasteiger partial charge in [0.25, 0.3) is 0 Å². The zero-order chi connectivity index (χ0) is 13.8. The first kappa shape index (κ1) is 14.2. The van der Waals surface area contributed by atoms with Crippen LogP contribution >= 0.6 is 0 Å². The molecule has 0 heterocycles. The SMILES string of the molecule is CC(C)(C)C(N)CC(=O)Nc1ccccc1C#N. The van der Waals surface area contributed by atoms with E-state index in [1.165, 1.54) is 0 Å². The number of amides is 1. The van der Waals surface area contributed by atoms with Gasteiger partial charge in [0.05, 0.1) is 11.3 Å². The highest BCUT2D eigenvalue weighted by atomic mass is 16.1. The van der Waals surface area contributed by atoms with Crippen LogP contribution in [-0.2, 0) is 4.79 Å². The number of nitriles is 1. The standard InChI is InChI=1S/C14H19N3O/c1-14(2,3)12(16)8-13(18)17-11-7-5-4-6-10(11)9-15/h4-7,12H,8,16H2,1-3H3,(H,17,18). The van der Waals surface area contributed by atoms with Gasteiger partial charge in [0, 0.05) is 12.5 Å². The Hall–Kier alpha value is -1.86. The minimum Gasteiger partial charge on any atom is -0.327 e. The number of carbonyl (C=O) groups excluding carboxylic acids is 1. The average molecular weight is 245 g/mol. The van der Waals surface area contributed by atoms with Crippen molar-refractivity contribution in [3.05, 3.63) is 29.8 Å². The Morgan fingerprint density at radius 2 is 2.06 bits per heavy atom. The second-order valence-corrected chi connectivity index (χ2v) is 5.38. The maximum Gasteiger partial charge on any atom is 0.225 e. The van der Waals surface area contributed by atoms with E-state index in [1.54, 1.807) is 24.3 Å². The molecule has 1 unspecified atom stereocenters. The van der Waals surface area contributed by atoms with Crippen LogP contribution in [0.25, 0.3) is 0 Å². The monoisotopic (exact) mass is 245 g/mol. The van der Waals surface area contributed by atoms with Crippen LogP contribution in [0.5, 0.6) is 0 Å². The van der Waals surface area contributed by atoms with Crippen LogP contribution in [-0.4, -0.2) is 11.9 Å². The van der Waals surface area contributed by atoms with Crippen LogP contribution in [0.15, 0.2) is 24.3 Å². The number of nitrogens with zero attached hydrogens (tertiary/aromatic N) is 1. The summed E-state index contributed by atoms with van der Waals surface area (Å²) < 4.78 is 0. The summed E-state index contributed by atoms with van der Waals surface area (Å²) in [7, 11) is 0. The zero-order valence-electron chi connectivity index (χ0n) is 11.0. The quantitative estimate of drug-likeness (QED) is 0.857. The van der Waals surface area contributed by atoms with E-state index >= 15 is 0 Å². The van der Waals surface area contributed by atoms with Crippen molar-refractivity contribution in [3.63, 3.8) is 0 Å². The summed E-state index contributed by atoms with van der Waals surface area (Å²) in [4.78, 5) is 11.8. The molecule has 0 saturated heterocycles. The number of para-hydroxylation sites is 1. The van der Waals surface area contributed by atoms with Gasteiger partial charge in [-0.2, -0.15) is 5.26 Å². The predicted molar refractivity (Wildman–Crippen MR) is 71.8 cm³/mol. The van der Waals surface area contributed by atoms with Crippen LogP contribution in [0.4, 0.5) is 5.69 Å². The Labute approximate surface area is 108 Å². The van der Waals surface area contributed by atoms with Crippen molar-refractivity contribution in [1.82, 2.24) is 0 Å². The van der Waals surface area contributed by atoms with E-state index in [1.807, 2.05) is 26.8 Å². The normalized spacial score (nSPS) is 12.6. The number of hydrogen-bond acceptors (Lipinski definition) is 3. The second-order valence-electron chi connectivity index (χ2n) is 5.38. The van der Waals surface area contributed by atoms with E-state index in [0.29, 0.717) is 11.3 Å². The maximum atomic E-state index is 11.8. The van der Waals surface area contributed by atoms with Crippen molar-refractivity contribution < 1.29 is 4.79 Å². The molecule has 4 nitrogen and oxygen atoms in total. The summed E-state index contributed by atoms with van der Waals surface area (Å²) in [5.74, 6) is -0.167. The molecule has 0 radical (unpaired) electrons. The van der Waals surface area contributed by atoms with Crippen LogP contribution in [0.1, 0.15) is 32.8 Å². The number of hydrogen-bond donors (Lipinski definition) is 2. The van der Waals surface area contributed by atoms with E-state index in [9.17, 15) is 4.79 Å². The predicted octanol–water partition coefficient (Wildman–Crippen LogP) is 2.26. The second kappa shape index (κ2) is 5.65. The highest BCUT2D eigenvalue weighted by molar-refractivity contribution is 5.92. The first-order valence-electron chi connectivity index (χ1n) is 5.89. The van der Waals surface area contributed by atoms with Gasteiger partial charge in [-0.1, -0.05) is 32.9 Å². The van der Waals surface area contributed by atoms with Crippen molar-refractivity contribution >= 4 is 11.6 Å². The summed E-state index contributed by atoms with van der Waals surface area (Å²) in [5.41, 5.74) is 6.82. The molecule has 1 aromatic rings. The summed E-state index contributed by atoms with van der Waals surface area (Å²) in [6.07, 6.45) is 0.239. The molecule has 0 fully saturated rings. The van der Waals surface area contributed by atoms with Gasteiger partial charge in [-0.05, 0) is 17.5 Å². The summed E-state index contributed by atoms with van der Waals surface area (Å²) in [6.45, 7) is 5.98. The summed E-state index contributed by atoms with van der Waals surface area (Å²) >= 11 is 0. The smallest absolute Gasteiger partial charge is 0.225 e. The lowest BCUT2D eigenvalue weighted by atomic mass is 9.85. The highest BCUT2D eigenvalue weighted by Gasteiger charge is 2.23. The van der Waals surface area contributed by atoms with Crippen LogP contribution < -0.4 is 11.1 Å². The van der Waals surface area contributed by atoms with E-state index in [4.69, 9.17) is 11.0 Å². The van der Waals surface area contributed by atoms with Gasteiger partial charge in [0.2, 0.25) is 5.91 Å². The number of nitrogens with two attached hydrogens (primary N) is 1. The van der Waals surface area contributed by atoms with Crippen LogP contribution in [0, 0.1) is 16.7 Å². The maximum absolute atomic E-state index is 11.8. The zero-order valence-corrected chi connectivity index (χ0v) is 11.0. The number of anilines is 1. The first-order valence-corrected chi connectivity index (χ1v) is 5.89. The van der Waals surface area contributed by atoms with Crippen molar-refractivity contribution in [3.8, 4) is 6.07 Å². The molecule has 1 atom stereocenters. The molecule has 3 N–H and O–H groups in total. The van der Waals surface area contributed by atoms with Crippen LogP contribution in [0.2, 0.25) is 0 Å². The van der Waals surface area contributed by atoms with E-state index in [0.717, 1.165) is 0 Å². The van der Waals surface area contributed by atoms with Crippen molar-refractivity contribution in [2.75, 3.05) is 5.32 Å². The van der Waals surface area contributed by atoms with Crippen LogP contribution in [0.3, 0.4) is 0 Å². The highest BCUT2D eigenvalue weighted by Crippen LogP contribution is 2.21. The first-order chi connectivity index (χ1) is 8.34. The minimum absolute atomic E-state index is 0.119. The fourth-order valence-electron chi connectivity index (χ4n) is 1.40. The summed E-state index contributed by atoms with van der Waals surface area (Å²) in [5, 5.41) is 11.6. The molecule has 1 amide bonds. The van der Waals surface area contributed by atoms with Gasteiger partial charge in [0.15, 0.2) is 0 Å². The van der Waals surface area contributed by atoms with Crippen molar-refractivity contribution in [2.24, 2.45) is 11.1 Å². The largest absolute Gasteiger partial charge is 0.327 e. The molecule has 1 rings (SSSR count). The number of carbonyl (C=O) groups is 1. The van der Waals surface area contributed by atoms with Crippen molar-refractivity contribution in [2.45, 2.75) is 33.2 Å². The Balaban J connectivity index is 2.69. The lowest BCUT2D eigenvalue weighted by Crippen LogP contribution is -2.38. The molecule has 0 aromatic heterocycles. The Morgan fingerprint density at radius 3 is 2.61 bits per heavy atom. The topological polar surface area (TPSA) is 78.9 Å². The molecule has 0 aliphatic rings. The fraction of sp³-hybridized carbons (Fsp3) is 0.429. The lowest BCUT2D eigenvalue weighted by Gasteiger charge is -2.26. The van der Waals surface area contributed by atoms with E-state index < -0.39 is 0 Å². The van der Waals surface area contributed by atoms with Gasteiger partial charge in [0.1, 0.15) is 6.07 Å². The van der Waals surface area contributed by atoms with Gasteiger partial charge < -0.3 is 11.1 Å². The fourth-order valence-corrected chi connectivity index (χ4v) is 1.40. The molecule has 4 heteroatoms. The molecule has 1 aromatic carbocycles. The van der Waals surface area contributed by atoms with Gasteiger partial charge in [-0.3, -0.25) is 4.79 Å². The van der Waals surface area contributed by atoms with Crippen molar-refractivity contribution in [1.29, 1.82) is 5.26 Å². The average Bonchev–Trinajstić information content (AvgIpc) is 2.28. The lowest BCUT2D eigenvalue weighted by molar-refractivity contribution is -0.117. The summed E-state index contributed by atoms with van der Waals surface area (Å²) in [6, 6.07) is 8.73. The van der Waals surface area contributed by atoms with Gasteiger partial charge in [-0.15, -0.1) is 0 Å². The molecular weight excluding hydrogens is 226 g/mol. The third-order valence-corrected chi connectivity index (χ3v) is 2.84. The Kier molecular flexibility index (Phi) is 4.46. The third-order valence-electron chi connectivity index (χ3n) is 2.84. The molecule has 0 saturated carbocycles. The molecular formula is C14H19N3O. The Morgan fingerprint density at radius 1 is 1.44 bits per heavy atom. The third kappa shape index (κ3) is 3.86. The number of rotatable bonds is 3. The number of benzene rings is 1. The van der Waals surface area contributed by atoms with Gasteiger partial charge in [-0.25, -0.2) is 0 Å². The number of nitrogens with one attached hydrogen (secondary N) is 1. The van der Waals surface area contributed by atoms with E-state index in [2.05, 4.69) is 5.32 Å². The Bertz CT molecular complexity index is 469.